The van der Waals surface area contributed by atoms with Crippen molar-refractivity contribution < 1.29 is 0 Å². The number of rotatable bonds is 0. The first kappa shape index (κ1) is 82.5. The largest absolute Gasteiger partial charge is 0.399 e. The molecule has 0 aromatic heterocycles. The molecule has 24 aromatic rings. The molecule has 0 aliphatic heterocycles. The van der Waals surface area contributed by atoms with E-state index in [-0.39, 0.29) is 0 Å². The van der Waals surface area contributed by atoms with E-state index in [9.17, 15) is 0 Å². The first-order chi connectivity index (χ1) is 62.0. The van der Waals surface area contributed by atoms with Gasteiger partial charge >= 0.3 is 0 Å². The lowest BCUT2D eigenvalue weighted by Gasteiger charge is -2.09. The maximum Gasteiger partial charge on any atom is 0.0627 e. The Hall–Kier alpha value is -17.8. The molecular weight excluding hydrogens is 1570 g/mol. The summed E-state index contributed by atoms with van der Waals surface area (Å²) in [5.74, 6) is 0. The molecule has 0 heterocycles. The number of nitrogens with two attached hydrogens (primary N) is 16. The van der Waals surface area contributed by atoms with Gasteiger partial charge in [0.25, 0.3) is 0 Å². The Morgan fingerprint density at radius 2 is 0.344 bits per heavy atom. The predicted octanol–water partition coefficient (Wildman–Crippen LogP) is 25.3. The van der Waals surface area contributed by atoms with Crippen LogP contribution in [-0.4, -0.2) is 0 Å². The van der Waals surface area contributed by atoms with E-state index in [4.69, 9.17) is 91.7 Å². The van der Waals surface area contributed by atoms with E-state index in [2.05, 4.69) is 170 Å². The van der Waals surface area contributed by atoms with Gasteiger partial charge in [-0.15, -0.1) is 0 Å². The number of anilines is 16. The van der Waals surface area contributed by atoms with Gasteiger partial charge in [0.15, 0.2) is 0 Å². The second kappa shape index (κ2) is 35.4. The molecule has 0 amide bonds. The number of fused-ring (bicyclic) bond motifs is 16. The van der Waals surface area contributed by atoms with Gasteiger partial charge < -0.3 is 91.7 Å². The Morgan fingerprint density at radius 3 is 0.789 bits per heavy atom. The minimum absolute atomic E-state index is 0.641. The van der Waals surface area contributed by atoms with Gasteiger partial charge in [-0.25, -0.2) is 0 Å². The molecule has 128 heavy (non-hydrogen) atoms. The van der Waals surface area contributed by atoms with Gasteiger partial charge in [0.2, 0.25) is 0 Å². The lowest BCUT2D eigenvalue weighted by atomic mass is 10.0. The molecule has 0 aliphatic carbocycles. The normalized spacial score (nSPS) is 11.0. The van der Waals surface area contributed by atoms with Crippen LogP contribution in [0.5, 0.6) is 0 Å². The van der Waals surface area contributed by atoms with E-state index in [0.717, 1.165) is 203 Å². The Labute approximate surface area is 738 Å². The molecule has 32 N–H and O–H groups in total. The standard InChI is InChI=1S/8C14H12N2/c15-13-5-1-3-9-7-12-10(8-11(9)13)4-2-6-14(12)16;15-13-5-1-3-9-7-10-4-2-6-14(16)12(10)8-11(9)13;15-12-7-3-5-10-8-9-4-1-2-6-11(9)14(16)13(10)12;15-12-5-4-9-8-13-10(6-11(9)7-12)2-1-3-14(13)16;15-12-5-4-9-6-10-2-1-3-14(16)13(10)8-11(9)7-12;15-12-6-11-5-9-3-1-2-4-10(9)7-13(11)14(16)8-12;15-13-5-6-14(16)12-8-10-4-2-1-3-9(10)7-11(12)13;15-13-6-5-11-7-9-3-1-2-4-10(9)8-12(11)14(13)16/h8*1-8H,15-16H2. The van der Waals surface area contributed by atoms with Gasteiger partial charge in [-0.3, -0.25) is 0 Å². The highest BCUT2D eigenvalue weighted by atomic mass is 14.7. The fraction of sp³-hybridized carbons (Fsp3) is 0. The zero-order chi connectivity index (χ0) is 89.0. The molecule has 24 aromatic carbocycles. The van der Waals surface area contributed by atoms with E-state index < -0.39 is 0 Å². The zero-order valence-corrected chi connectivity index (χ0v) is 70.2. The monoisotopic (exact) mass is 1660 g/mol. The quantitative estimate of drug-likeness (QED) is 0.0495. The maximum atomic E-state index is 6.18. The summed E-state index contributed by atoms with van der Waals surface area (Å²) in [4.78, 5) is 0. The van der Waals surface area contributed by atoms with Crippen molar-refractivity contribution in [3.8, 4) is 0 Å². The second-order valence-corrected chi connectivity index (χ2v) is 32.0. The zero-order valence-electron chi connectivity index (χ0n) is 70.2. The van der Waals surface area contributed by atoms with Crippen molar-refractivity contribution in [1.29, 1.82) is 0 Å². The van der Waals surface area contributed by atoms with Gasteiger partial charge in [0.05, 0.1) is 11.4 Å². The molecule has 0 saturated carbocycles. The van der Waals surface area contributed by atoms with E-state index in [1.807, 2.05) is 212 Å². The number of hydrogen-bond acceptors (Lipinski definition) is 16. The van der Waals surface area contributed by atoms with Crippen LogP contribution >= 0.6 is 0 Å². The number of benzene rings is 24. The second-order valence-electron chi connectivity index (χ2n) is 32.0. The van der Waals surface area contributed by atoms with Crippen LogP contribution in [0.25, 0.3) is 172 Å². The van der Waals surface area contributed by atoms with Crippen LogP contribution in [0.4, 0.5) is 91.0 Å². The van der Waals surface area contributed by atoms with Gasteiger partial charge in [0, 0.05) is 144 Å². The molecule has 24 rings (SSSR count). The Kier molecular flexibility index (Phi) is 22.8. The topological polar surface area (TPSA) is 416 Å². The Morgan fingerprint density at radius 1 is 0.102 bits per heavy atom. The summed E-state index contributed by atoms with van der Waals surface area (Å²) in [5.41, 5.74) is 107. The molecule has 0 bridgehead atoms. The van der Waals surface area contributed by atoms with Gasteiger partial charge in [-0.2, -0.15) is 0 Å². The van der Waals surface area contributed by atoms with E-state index in [0.29, 0.717) is 17.1 Å². The van der Waals surface area contributed by atoms with Crippen LogP contribution in [0.2, 0.25) is 0 Å². The molecular formula is C112H96N16. The van der Waals surface area contributed by atoms with Crippen LogP contribution in [0.1, 0.15) is 0 Å². The number of hydrogen-bond donors (Lipinski definition) is 16. The van der Waals surface area contributed by atoms with E-state index in [1.165, 1.54) is 43.1 Å². The third-order valence-electron chi connectivity index (χ3n) is 23.4. The predicted molar refractivity (Wildman–Crippen MR) is 562 cm³/mol. The third kappa shape index (κ3) is 17.3. The van der Waals surface area contributed by atoms with Crippen molar-refractivity contribution >= 4 is 263 Å². The molecule has 0 unspecified atom stereocenters. The summed E-state index contributed by atoms with van der Waals surface area (Å²) >= 11 is 0. The van der Waals surface area contributed by atoms with Crippen molar-refractivity contribution in [3.63, 3.8) is 0 Å². The molecule has 0 saturated heterocycles. The SMILES string of the molecule is Nc1cc(N)c2cc3ccccc3cc2c1.Nc1ccc(N)c2cc3ccccc3cc12.Nc1ccc2cc3c(N)cccc3cc2c1.Nc1ccc2cc3cccc(N)c3cc2c1.Nc1ccc2cc3ccccc3cc2c1N.Nc1cccc2cc3c(N)cccc3cc12.Nc1cccc2cc3cccc(N)c3cc12.Nc1cccc2cc3ccccc3c(N)c12. The molecule has 0 radical (unpaired) electrons. The van der Waals surface area contributed by atoms with Gasteiger partial charge in [0.1, 0.15) is 0 Å². The molecule has 624 valence electrons. The van der Waals surface area contributed by atoms with Crippen molar-refractivity contribution in [2.75, 3.05) is 91.7 Å². The summed E-state index contributed by atoms with van der Waals surface area (Å²) in [6.07, 6.45) is 0. The lowest BCUT2D eigenvalue weighted by molar-refractivity contribution is 1.72. The van der Waals surface area contributed by atoms with Crippen LogP contribution in [0.3, 0.4) is 0 Å². The van der Waals surface area contributed by atoms with Crippen LogP contribution in [0.15, 0.2) is 388 Å². The smallest absolute Gasteiger partial charge is 0.0627 e. The average molecular weight is 1670 g/mol. The fourth-order valence-corrected chi connectivity index (χ4v) is 16.8. The minimum atomic E-state index is 0.641. The molecule has 0 spiro atoms. The summed E-state index contributed by atoms with van der Waals surface area (Å²) in [6, 6.07) is 129. The summed E-state index contributed by atoms with van der Waals surface area (Å²) in [7, 11) is 0. The van der Waals surface area contributed by atoms with Gasteiger partial charge in [-0.05, 0) is 296 Å². The van der Waals surface area contributed by atoms with Gasteiger partial charge in [-0.1, -0.05) is 200 Å². The molecule has 0 aliphatic rings. The minimum Gasteiger partial charge on any atom is -0.399 e. The van der Waals surface area contributed by atoms with E-state index in [1.54, 1.807) is 6.07 Å². The van der Waals surface area contributed by atoms with Crippen LogP contribution in [0, 0.1) is 0 Å². The highest BCUT2D eigenvalue weighted by Gasteiger charge is 2.12. The highest BCUT2D eigenvalue weighted by Crippen LogP contribution is 2.39. The first-order valence-electron chi connectivity index (χ1n) is 41.7. The average Bonchev–Trinajstić information content (AvgIpc) is 0.808. The lowest BCUT2D eigenvalue weighted by Crippen LogP contribution is -1.95. The Balaban J connectivity index is 0.000000103. The van der Waals surface area contributed by atoms with Crippen molar-refractivity contribution in [2.24, 2.45) is 0 Å². The molecule has 16 nitrogen and oxygen atoms in total. The Bertz CT molecular complexity index is 8170. The van der Waals surface area contributed by atoms with Crippen molar-refractivity contribution in [1.82, 2.24) is 0 Å². The van der Waals surface area contributed by atoms with E-state index >= 15 is 0 Å². The summed E-state index contributed by atoms with van der Waals surface area (Å²) in [5, 5.41) is 35.8. The van der Waals surface area contributed by atoms with Crippen LogP contribution in [-0.2, 0) is 0 Å². The van der Waals surface area contributed by atoms with Crippen molar-refractivity contribution in [2.45, 2.75) is 0 Å². The molecule has 0 fully saturated rings. The first-order valence-corrected chi connectivity index (χ1v) is 41.7. The van der Waals surface area contributed by atoms with Crippen molar-refractivity contribution in [3.05, 3.63) is 388 Å². The number of nitrogen functional groups attached to an aromatic ring is 16. The molecule has 0 atom stereocenters. The molecule has 16 heteroatoms. The third-order valence-corrected chi connectivity index (χ3v) is 23.4. The summed E-state index contributed by atoms with van der Waals surface area (Å²) in [6.45, 7) is 0. The fourth-order valence-electron chi connectivity index (χ4n) is 16.8. The highest BCUT2D eigenvalue weighted by molar-refractivity contribution is 6.16. The summed E-state index contributed by atoms with van der Waals surface area (Å²) < 4.78 is 0. The van der Waals surface area contributed by atoms with Crippen LogP contribution < -0.4 is 91.7 Å². The maximum absolute atomic E-state index is 6.18.